The topological polar surface area (TPSA) is 109 Å². The third kappa shape index (κ3) is 3.23. The van der Waals surface area contributed by atoms with Crippen LogP contribution in [0, 0.1) is 0 Å². The normalized spacial score (nSPS) is 11.1. The number of carboxylic acid groups (broad SMARTS) is 1. The lowest BCUT2D eigenvalue weighted by Crippen LogP contribution is -2.16. The Bertz CT molecular complexity index is 797. The molecule has 0 radical (unpaired) electrons. The molecule has 10 heteroatoms. The minimum atomic E-state index is -4.12. The van der Waals surface area contributed by atoms with E-state index < -0.39 is 31.5 Å². The number of carboxylic acids is 1. The summed E-state index contributed by atoms with van der Waals surface area (Å²) in [4.78, 5) is 18.1. The summed E-state index contributed by atoms with van der Waals surface area (Å²) in [5.41, 5.74) is -0.486. The van der Waals surface area contributed by atoms with Gasteiger partial charge in [0.1, 0.15) is 4.90 Å². The van der Waals surface area contributed by atoms with Crippen LogP contribution in [0.25, 0.3) is 0 Å². The molecule has 1 aromatic heterocycles. The van der Waals surface area contributed by atoms with Gasteiger partial charge in [-0.05, 0) is 12.1 Å². The van der Waals surface area contributed by atoms with Crippen molar-refractivity contribution in [2.24, 2.45) is 0 Å². The van der Waals surface area contributed by atoms with Gasteiger partial charge in [-0.3, -0.25) is 9.71 Å². The van der Waals surface area contributed by atoms with E-state index in [9.17, 15) is 13.2 Å². The highest BCUT2D eigenvalue weighted by atomic mass is 35.5. The Kier molecular flexibility index (Phi) is 4.31. The number of sulfonamides is 1. The molecule has 21 heavy (non-hydrogen) atoms. The number of anilines is 1. The average molecular weight is 348 g/mol. The van der Waals surface area contributed by atoms with Crippen molar-refractivity contribution < 1.29 is 18.3 Å². The molecule has 0 saturated carbocycles. The summed E-state index contributed by atoms with van der Waals surface area (Å²) in [6.45, 7) is 0. The highest BCUT2D eigenvalue weighted by Gasteiger charge is 2.25. The van der Waals surface area contributed by atoms with E-state index in [4.69, 9.17) is 28.3 Å². The third-order valence-corrected chi connectivity index (χ3v) is 4.58. The molecule has 2 N–H and O–H groups in total. The second-order valence-electron chi connectivity index (χ2n) is 3.74. The summed E-state index contributed by atoms with van der Waals surface area (Å²) in [6, 6.07) is 2.25. The van der Waals surface area contributed by atoms with E-state index in [2.05, 4.69) is 14.7 Å². The van der Waals surface area contributed by atoms with Crippen LogP contribution in [0.1, 0.15) is 10.4 Å². The molecule has 7 nitrogen and oxygen atoms in total. The van der Waals surface area contributed by atoms with Gasteiger partial charge in [-0.1, -0.05) is 23.2 Å². The Labute approximate surface area is 129 Å². The largest absolute Gasteiger partial charge is 0.478 e. The highest BCUT2D eigenvalue weighted by molar-refractivity contribution is 7.92. The van der Waals surface area contributed by atoms with Crippen LogP contribution >= 0.6 is 23.2 Å². The number of benzene rings is 1. The van der Waals surface area contributed by atoms with Crippen LogP contribution in [-0.2, 0) is 10.0 Å². The number of hydrogen-bond acceptors (Lipinski definition) is 5. The number of aromatic carboxylic acids is 1. The highest BCUT2D eigenvalue weighted by Crippen LogP contribution is 2.31. The molecular weight excluding hydrogens is 341 g/mol. The van der Waals surface area contributed by atoms with Crippen molar-refractivity contribution in [3.63, 3.8) is 0 Å². The molecule has 1 heterocycles. The summed E-state index contributed by atoms with van der Waals surface area (Å²) in [5, 5.41) is 8.38. The summed E-state index contributed by atoms with van der Waals surface area (Å²) >= 11 is 11.5. The molecule has 0 amide bonds. The fourth-order valence-corrected chi connectivity index (χ4v) is 3.39. The van der Waals surface area contributed by atoms with Crippen LogP contribution in [0.2, 0.25) is 10.0 Å². The van der Waals surface area contributed by atoms with Crippen molar-refractivity contribution in [2.45, 2.75) is 4.90 Å². The smallest absolute Gasteiger partial charge is 0.338 e. The summed E-state index contributed by atoms with van der Waals surface area (Å²) in [5.74, 6) is -1.46. The Hall–Kier alpha value is -1.90. The van der Waals surface area contributed by atoms with Gasteiger partial charge in [0.25, 0.3) is 10.0 Å². The van der Waals surface area contributed by atoms with Crippen LogP contribution < -0.4 is 4.72 Å². The number of rotatable bonds is 4. The first-order valence-corrected chi connectivity index (χ1v) is 7.57. The zero-order chi connectivity index (χ0) is 15.6. The molecule has 0 aliphatic carbocycles. The van der Waals surface area contributed by atoms with Gasteiger partial charge >= 0.3 is 5.97 Å². The Morgan fingerprint density at radius 2 is 1.95 bits per heavy atom. The maximum atomic E-state index is 12.2. The maximum Gasteiger partial charge on any atom is 0.338 e. The van der Waals surface area contributed by atoms with Gasteiger partial charge in [0.2, 0.25) is 0 Å². The van der Waals surface area contributed by atoms with Crippen molar-refractivity contribution in [1.29, 1.82) is 0 Å². The quantitative estimate of drug-likeness (QED) is 0.877. The van der Waals surface area contributed by atoms with Crippen LogP contribution in [0.4, 0.5) is 5.82 Å². The van der Waals surface area contributed by atoms with Crippen LogP contribution in [0.5, 0.6) is 0 Å². The van der Waals surface area contributed by atoms with Gasteiger partial charge in [-0.2, -0.15) is 0 Å². The molecule has 0 saturated heterocycles. The first-order chi connectivity index (χ1) is 9.83. The van der Waals surface area contributed by atoms with Gasteiger partial charge in [0.15, 0.2) is 5.82 Å². The predicted octanol–water partition coefficient (Wildman–Crippen LogP) is 2.28. The number of carbonyl (C=O) groups is 1. The molecule has 1 aromatic carbocycles. The van der Waals surface area contributed by atoms with E-state index in [1.54, 1.807) is 0 Å². The summed E-state index contributed by atoms with van der Waals surface area (Å²) < 4.78 is 26.6. The standard InChI is InChI=1S/C11H7Cl2N3O4S/c12-6-1-2-7(10(13)9(6)11(17)18)21(19,20)16-8-5-14-3-4-15-8/h1-5H,(H,15,16)(H,17,18). The molecule has 0 aliphatic rings. The summed E-state index contributed by atoms with van der Waals surface area (Å²) in [7, 11) is -4.12. The van der Waals surface area contributed by atoms with Crippen molar-refractivity contribution in [3.8, 4) is 0 Å². The van der Waals surface area contributed by atoms with Crippen molar-refractivity contribution in [1.82, 2.24) is 9.97 Å². The average Bonchev–Trinajstić information content (AvgIpc) is 2.38. The zero-order valence-corrected chi connectivity index (χ0v) is 12.4. The van der Waals surface area contributed by atoms with E-state index >= 15 is 0 Å². The molecule has 0 atom stereocenters. The molecule has 2 rings (SSSR count). The number of nitrogens with zero attached hydrogens (tertiary/aromatic N) is 2. The zero-order valence-electron chi connectivity index (χ0n) is 10.1. The molecule has 0 bridgehead atoms. The Morgan fingerprint density at radius 3 is 2.52 bits per heavy atom. The minimum Gasteiger partial charge on any atom is -0.478 e. The molecular formula is C11H7Cl2N3O4S. The molecule has 110 valence electrons. The van der Waals surface area contributed by atoms with Gasteiger partial charge < -0.3 is 5.11 Å². The molecule has 0 spiro atoms. The molecule has 0 unspecified atom stereocenters. The van der Waals surface area contributed by atoms with Crippen LogP contribution in [0.3, 0.4) is 0 Å². The monoisotopic (exact) mass is 347 g/mol. The van der Waals surface area contributed by atoms with Gasteiger partial charge in [0.05, 0.1) is 21.8 Å². The first kappa shape index (κ1) is 15.5. The lowest BCUT2D eigenvalue weighted by atomic mass is 10.2. The molecule has 0 aliphatic heterocycles. The predicted molar refractivity (Wildman–Crippen MR) is 76.3 cm³/mol. The van der Waals surface area contributed by atoms with E-state index in [-0.39, 0.29) is 10.8 Å². The SMILES string of the molecule is O=C(O)c1c(Cl)ccc(S(=O)(=O)Nc2cnccn2)c1Cl. The maximum absolute atomic E-state index is 12.2. The number of halogens is 2. The van der Waals surface area contributed by atoms with Gasteiger partial charge in [0, 0.05) is 12.4 Å². The van der Waals surface area contributed by atoms with Gasteiger partial charge in [-0.25, -0.2) is 18.2 Å². The number of aromatic nitrogens is 2. The van der Waals surface area contributed by atoms with E-state index in [1.165, 1.54) is 18.6 Å². The van der Waals surface area contributed by atoms with Crippen molar-refractivity contribution >= 4 is 45.0 Å². The Morgan fingerprint density at radius 1 is 1.24 bits per heavy atom. The lowest BCUT2D eigenvalue weighted by Gasteiger charge is -2.10. The third-order valence-electron chi connectivity index (χ3n) is 2.36. The fourth-order valence-electron chi connectivity index (χ4n) is 1.48. The van der Waals surface area contributed by atoms with Crippen molar-refractivity contribution in [3.05, 3.63) is 46.3 Å². The van der Waals surface area contributed by atoms with E-state index in [0.717, 1.165) is 12.1 Å². The van der Waals surface area contributed by atoms with Crippen LogP contribution in [0.15, 0.2) is 35.6 Å². The molecule has 2 aromatic rings. The van der Waals surface area contributed by atoms with Crippen molar-refractivity contribution in [2.75, 3.05) is 4.72 Å². The minimum absolute atomic E-state index is 0.0274. The van der Waals surface area contributed by atoms with E-state index in [0.29, 0.717) is 0 Å². The van der Waals surface area contributed by atoms with Gasteiger partial charge in [-0.15, -0.1) is 0 Å². The molecule has 0 fully saturated rings. The Balaban J connectivity index is 2.51. The second-order valence-corrected chi connectivity index (χ2v) is 6.17. The summed E-state index contributed by atoms with van der Waals surface area (Å²) in [6.07, 6.45) is 3.86. The number of nitrogens with one attached hydrogen (secondary N) is 1. The van der Waals surface area contributed by atoms with Crippen LogP contribution in [-0.4, -0.2) is 29.5 Å². The number of hydrogen-bond donors (Lipinski definition) is 2. The first-order valence-electron chi connectivity index (χ1n) is 5.33. The van der Waals surface area contributed by atoms with E-state index in [1.807, 2.05) is 0 Å². The second kappa shape index (κ2) is 5.84. The lowest BCUT2D eigenvalue weighted by molar-refractivity contribution is 0.0697. The fraction of sp³-hybridized carbons (Fsp3) is 0.